The molecule has 0 fully saturated rings. The molecule has 0 rings (SSSR count). The fourth-order valence-electron chi connectivity index (χ4n) is 2.28. The molecule has 0 spiro atoms. The van der Waals surface area contributed by atoms with Crippen LogP contribution in [0.15, 0.2) is 0 Å². The van der Waals surface area contributed by atoms with E-state index in [1.165, 1.54) is 64.2 Å². The van der Waals surface area contributed by atoms with Crippen LogP contribution in [0.4, 0.5) is 0 Å². The van der Waals surface area contributed by atoms with Gasteiger partial charge in [0.05, 0.1) is 6.61 Å². The molecule has 0 aromatic rings. The minimum absolute atomic E-state index is 0. The molecule has 0 aliphatic heterocycles. The van der Waals surface area contributed by atoms with Crippen LogP contribution in [0.5, 0.6) is 0 Å². The van der Waals surface area contributed by atoms with Gasteiger partial charge in [0.1, 0.15) is 0 Å². The van der Waals surface area contributed by atoms with Gasteiger partial charge in [-0.25, -0.2) is 4.18 Å². The summed E-state index contributed by atoms with van der Waals surface area (Å²) in [4.78, 5) is 0. The number of rotatable bonds is 15. The second kappa shape index (κ2) is 17.5. The molecule has 0 radical (unpaired) electrons. The molecule has 4 nitrogen and oxygen atoms in total. The third-order valence-electron chi connectivity index (χ3n) is 3.48. The van der Waals surface area contributed by atoms with Gasteiger partial charge in [-0.15, -0.1) is 0 Å². The van der Waals surface area contributed by atoms with E-state index in [4.69, 9.17) is 4.55 Å². The standard InChI is InChI=1S/C15H32O4S.Ca.2H/c1-2-3-4-5-6-7-8-9-10-11-12-13-14-15-19-20(16,17)18;;;/h2-15H2,1H3,(H,16,17,18);;;. The third-order valence-corrected chi connectivity index (χ3v) is 3.94. The Morgan fingerprint density at radius 3 is 1.38 bits per heavy atom. The summed E-state index contributed by atoms with van der Waals surface area (Å²) in [6.07, 6.45) is 16.1. The second-order valence-electron chi connectivity index (χ2n) is 5.49. The van der Waals surface area contributed by atoms with Crippen LogP contribution in [0.1, 0.15) is 90.4 Å². The Morgan fingerprint density at radius 2 is 1.05 bits per heavy atom. The van der Waals surface area contributed by atoms with Crippen molar-refractivity contribution in [1.29, 1.82) is 0 Å². The molecule has 0 bridgehead atoms. The van der Waals surface area contributed by atoms with Gasteiger partial charge in [0, 0.05) is 0 Å². The van der Waals surface area contributed by atoms with Crippen molar-refractivity contribution in [3.8, 4) is 0 Å². The van der Waals surface area contributed by atoms with Crippen LogP contribution in [-0.4, -0.2) is 57.3 Å². The van der Waals surface area contributed by atoms with E-state index < -0.39 is 10.4 Å². The van der Waals surface area contributed by atoms with Gasteiger partial charge in [0.25, 0.3) is 0 Å². The van der Waals surface area contributed by atoms with Crippen molar-refractivity contribution in [3.63, 3.8) is 0 Å². The van der Waals surface area contributed by atoms with E-state index in [1.54, 1.807) is 0 Å². The Bertz CT molecular complexity index is 294. The van der Waals surface area contributed by atoms with Gasteiger partial charge < -0.3 is 0 Å². The summed E-state index contributed by atoms with van der Waals surface area (Å²) in [6.45, 7) is 2.34. The molecule has 0 saturated carbocycles. The van der Waals surface area contributed by atoms with Crippen molar-refractivity contribution < 1.29 is 17.2 Å². The Hall–Kier alpha value is 1.13. The Morgan fingerprint density at radius 1 is 0.714 bits per heavy atom. The van der Waals surface area contributed by atoms with Crippen LogP contribution in [0.25, 0.3) is 0 Å². The van der Waals surface area contributed by atoms with Gasteiger partial charge in [-0.2, -0.15) is 8.42 Å². The molecular formula is C15H34CaO4S. The number of hydrogen-bond donors (Lipinski definition) is 1. The summed E-state index contributed by atoms with van der Waals surface area (Å²) in [5, 5.41) is 0. The van der Waals surface area contributed by atoms with Crippen molar-refractivity contribution in [2.45, 2.75) is 90.4 Å². The molecule has 126 valence electrons. The first-order valence-corrected chi connectivity index (χ1v) is 9.54. The van der Waals surface area contributed by atoms with Crippen molar-refractivity contribution in [2.75, 3.05) is 6.61 Å². The fraction of sp³-hybridized carbons (Fsp3) is 1.00. The second-order valence-corrected chi connectivity index (χ2v) is 6.58. The first-order valence-electron chi connectivity index (χ1n) is 8.18. The number of hydrogen-bond acceptors (Lipinski definition) is 3. The van der Waals surface area contributed by atoms with E-state index in [-0.39, 0.29) is 44.3 Å². The molecule has 0 aliphatic rings. The molecule has 0 aromatic carbocycles. The zero-order valence-corrected chi connectivity index (χ0v) is 13.8. The topological polar surface area (TPSA) is 63.6 Å². The maximum absolute atomic E-state index is 10.3. The van der Waals surface area contributed by atoms with Crippen molar-refractivity contribution in [1.82, 2.24) is 0 Å². The first kappa shape index (κ1) is 24.4. The molecule has 0 atom stereocenters. The maximum atomic E-state index is 10.3. The van der Waals surface area contributed by atoms with E-state index in [0.29, 0.717) is 6.42 Å². The van der Waals surface area contributed by atoms with Crippen LogP contribution in [-0.2, 0) is 14.6 Å². The SMILES string of the molecule is CCCCCCCCCCCCCCCOS(=O)(=O)O.[CaH2]. The Labute approximate surface area is 161 Å². The minimum atomic E-state index is -4.24. The van der Waals surface area contributed by atoms with Crippen molar-refractivity contribution >= 4 is 48.1 Å². The van der Waals surface area contributed by atoms with Crippen LogP contribution in [0, 0.1) is 0 Å². The van der Waals surface area contributed by atoms with Gasteiger partial charge in [-0.3, -0.25) is 4.55 Å². The summed E-state index contributed by atoms with van der Waals surface area (Å²) in [6, 6.07) is 0. The van der Waals surface area contributed by atoms with Gasteiger partial charge in [-0.1, -0.05) is 84.0 Å². The molecule has 0 heterocycles. The van der Waals surface area contributed by atoms with Crippen molar-refractivity contribution in [3.05, 3.63) is 0 Å². The van der Waals surface area contributed by atoms with Gasteiger partial charge in [0.2, 0.25) is 0 Å². The molecule has 1 N–H and O–H groups in total. The van der Waals surface area contributed by atoms with E-state index in [9.17, 15) is 8.42 Å². The monoisotopic (exact) mass is 350 g/mol. The average Bonchev–Trinajstić information content (AvgIpc) is 2.38. The van der Waals surface area contributed by atoms with E-state index in [0.717, 1.165) is 12.8 Å². The molecule has 0 aliphatic carbocycles. The Balaban J connectivity index is 0. The molecular weight excluding hydrogens is 316 g/mol. The van der Waals surface area contributed by atoms with Crippen LogP contribution in [0.2, 0.25) is 0 Å². The van der Waals surface area contributed by atoms with Crippen LogP contribution in [0.3, 0.4) is 0 Å². The van der Waals surface area contributed by atoms with Gasteiger partial charge in [0.15, 0.2) is 0 Å². The molecule has 0 amide bonds. The average molecular weight is 351 g/mol. The summed E-state index contributed by atoms with van der Waals surface area (Å²) in [5.41, 5.74) is 0. The quantitative estimate of drug-likeness (QED) is 0.276. The van der Waals surface area contributed by atoms with Gasteiger partial charge in [-0.05, 0) is 6.42 Å². The summed E-state index contributed by atoms with van der Waals surface area (Å²) < 4.78 is 33.2. The third kappa shape index (κ3) is 23.5. The molecule has 0 unspecified atom stereocenters. The molecule has 6 heteroatoms. The zero-order valence-electron chi connectivity index (χ0n) is 13.0. The summed E-state index contributed by atoms with van der Waals surface area (Å²) in [5.74, 6) is 0. The predicted molar refractivity (Wildman–Crippen MR) is 91.7 cm³/mol. The summed E-state index contributed by atoms with van der Waals surface area (Å²) in [7, 11) is -4.24. The van der Waals surface area contributed by atoms with Crippen molar-refractivity contribution in [2.24, 2.45) is 0 Å². The van der Waals surface area contributed by atoms with E-state index >= 15 is 0 Å². The Kier molecular flexibility index (Phi) is 20.3. The predicted octanol–water partition coefficient (Wildman–Crippen LogP) is 3.98. The number of unbranched alkanes of at least 4 members (excludes halogenated alkanes) is 12. The summed E-state index contributed by atoms with van der Waals surface area (Å²) >= 11 is 0. The van der Waals surface area contributed by atoms with Crippen LogP contribution >= 0.6 is 0 Å². The van der Waals surface area contributed by atoms with E-state index in [1.807, 2.05) is 0 Å². The van der Waals surface area contributed by atoms with Crippen LogP contribution < -0.4 is 0 Å². The molecule has 0 saturated heterocycles. The first-order chi connectivity index (χ1) is 9.56. The zero-order chi connectivity index (χ0) is 15.1. The van der Waals surface area contributed by atoms with Gasteiger partial charge >= 0.3 is 48.1 Å². The fourth-order valence-corrected chi connectivity index (χ4v) is 2.61. The van der Waals surface area contributed by atoms with E-state index in [2.05, 4.69) is 11.1 Å². The molecule has 21 heavy (non-hydrogen) atoms. The molecule has 0 aromatic heterocycles. The normalized spacial score (nSPS) is 11.3.